The molecule has 0 amide bonds. The molecule has 3 rings (SSSR count). The van der Waals surface area contributed by atoms with Crippen molar-refractivity contribution in [2.24, 2.45) is 5.92 Å². The first kappa shape index (κ1) is 13.4. The van der Waals surface area contributed by atoms with Crippen LogP contribution < -0.4 is 10.6 Å². The van der Waals surface area contributed by atoms with Gasteiger partial charge in [-0.1, -0.05) is 0 Å². The summed E-state index contributed by atoms with van der Waals surface area (Å²) in [7, 11) is 0. The normalized spacial score (nSPS) is 25.8. The molecule has 5 nitrogen and oxygen atoms in total. The van der Waals surface area contributed by atoms with E-state index in [1.807, 2.05) is 4.90 Å². The molecule has 2 heterocycles. The third-order valence-electron chi connectivity index (χ3n) is 3.95. The topological polar surface area (TPSA) is 90.3 Å². The van der Waals surface area contributed by atoms with Crippen molar-refractivity contribution in [1.29, 1.82) is 5.26 Å². The van der Waals surface area contributed by atoms with E-state index in [1.54, 1.807) is 6.92 Å². The molecule has 3 N–H and O–H groups in total. The number of anilines is 2. The number of rotatable bonds is 3. The van der Waals surface area contributed by atoms with E-state index in [4.69, 9.17) is 5.73 Å². The summed E-state index contributed by atoms with van der Waals surface area (Å²) >= 11 is 1.30. The highest BCUT2D eigenvalue weighted by molar-refractivity contribution is 7.19. The molecule has 1 saturated carbocycles. The summed E-state index contributed by atoms with van der Waals surface area (Å²) in [5.74, 6) is 0.165. The second-order valence-corrected chi connectivity index (χ2v) is 6.94. The van der Waals surface area contributed by atoms with E-state index < -0.39 is 5.60 Å². The average Bonchev–Trinajstić information content (AvgIpc) is 3.10. The molecule has 1 aromatic rings. The van der Waals surface area contributed by atoms with Gasteiger partial charge in [0.05, 0.1) is 16.2 Å². The first-order valence-electron chi connectivity index (χ1n) is 6.77. The number of hydrogen-bond donors (Lipinski definition) is 2. The lowest BCUT2D eigenvalue weighted by atomic mass is 10.1. The highest BCUT2D eigenvalue weighted by Gasteiger charge is 2.37. The highest BCUT2D eigenvalue weighted by Crippen LogP contribution is 2.44. The van der Waals surface area contributed by atoms with Crippen molar-refractivity contribution in [1.82, 2.24) is 0 Å². The minimum atomic E-state index is -0.744. The smallest absolute Gasteiger partial charge is 0.178 e. The third-order valence-corrected chi connectivity index (χ3v) is 5.23. The molecule has 1 atom stereocenters. The Bertz CT molecular complexity index is 611. The number of nitrogens with zero attached hydrogens (tertiary/aromatic N) is 2. The number of hydrogen-bond acceptors (Lipinski definition) is 6. The average molecular weight is 291 g/mol. The lowest BCUT2D eigenvalue weighted by Gasteiger charge is -2.19. The lowest BCUT2D eigenvalue weighted by molar-refractivity contribution is 0.0839. The molecule has 1 aliphatic carbocycles. The maximum Gasteiger partial charge on any atom is 0.178 e. The van der Waals surface area contributed by atoms with Crippen LogP contribution in [-0.4, -0.2) is 29.6 Å². The van der Waals surface area contributed by atoms with Gasteiger partial charge in [0.25, 0.3) is 0 Å². The van der Waals surface area contributed by atoms with E-state index in [0.717, 1.165) is 17.8 Å². The standard InChI is InChI=1S/C14H17N3O2S/c1-14(19)4-5-17(7-14)13-9(6-15)10(16)12(20-13)11(18)8-2-3-8/h8,19H,2-5,7,16H2,1H3. The van der Waals surface area contributed by atoms with Gasteiger partial charge in [-0.15, -0.1) is 11.3 Å². The van der Waals surface area contributed by atoms with Gasteiger partial charge in [-0.2, -0.15) is 5.26 Å². The monoisotopic (exact) mass is 291 g/mol. The second-order valence-electron chi connectivity index (χ2n) is 5.94. The van der Waals surface area contributed by atoms with Crippen LogP contribution in [0.2, 0.25) is 0 Å². The minimum absolute atomic E-state index is 0.0706. The summed E-state index contributed by atoms with van der Waals surface area (Å²) in [6, 6.07) is 2.11. The fourth-order valence-corrected chi connectivity index (χ4v) is 3.81. The van der Waals surface area contributed by atoms with Gasteiger partial charge in [0.1, 0.15) is 16.6 Å². The quantitative estimate of drug-likeness (QED) is 0.828. The maximum absolute atomic E-state index is 12.2. The Morgan fingerprint density at radius 1 is 1.60 bits per heavy atom. The van der Waals surface area contributed by atoms with E-state index in [-0.39, 0.29) is 11.7 Å². The summed E-state index contributed by atoms with van der Waals surface area (Å²) in [4.78, 5) is 14.7. The van der Waals surface area contributed by atoms with Crippen molar-refractivity contribution < 1.29 is 9.90 Å². The van der Waals surface area contributed by atoms with Crippen LogP contribution in [0.25, 0.3) is 0 Å². The molecule has 106 valence electrons. The van der Waals surface area contributed by atoms with E-state index >= 15 is 0 Å². The first-order chi connectivity index (χ1) is 9.43. The van der Waals surface area contributed by atoms with Gasteiger partial charge < -0.3 is 15.7 Å². The lowest BCUT2D eigenvalue weighted by Crippen LogP contribution is -2.29. The van der Waals surface area contributed by atoms with Crippen molar-refractivity contribution in [3.05, 3.63) is 10.4 Å². The number of aliphatic hydroxyl groups is 1. The Hall–Kier alpha value is -1.58. The molecule has 2 aliphatic rings. The number of carbonyl (C=O) groups excluding carboxylic acids is 1. The minimum Gasteiger partial charge on any atom is -0.396 e. The van der Waals surface area contributed by atoms with Crippen molar-refractivity contribution in [3.63, 3.8) is 0 Å². The molecular formula is C14H17N3O2S. The van der Waals surface area contributed by atoms with Crippen molar-refractivity contribution in [2.45, 2.75) is 31.8 Å². The molecule has 0 spiro atoms. The summed E-state index contributed by atoms with van der Waals surface area (Å²) < 4.78 is 0. The number of ketones is 1. The molecular weight excluding hydrogens is 274 g/mol. The number of nitrogen functional groups attached to an aromatic ring is 1. The summed E-state index contributed by atoms with van der Waals surface area (Å²) in [5, 5.41) is 20.1. The zero-order valence-electron chi connectivity index (χ0n) is 11.3. The second kappa shape index (κ2) is 4.47. The summed E-state index contributed by atoms with van der Waals surface area (Å²) in [5.41, 5.74) is 5.95. The van der Waals surface area contributed by atoms with Gasteiger partial charge in [-0.25, -0.2) is 0 Å². The Balaban J connectivity index is 1.97. The fraction of sp³-hybridized carbons (Fsp3) is 0.571. The predicted octanol–water partition coefficient (Wildman–Crippen LogP) is 1.76. The Kier molecular flexibility index (Phi) is 3.00. The molecule has 1 saturated heterocycles. The van der Waals surface area contributed by atoms with E-state index in [1.165, 1.54) is 11.3 Å². The molecule has 6 heteroatoms. The van der Waals surface area contributed by atoms with Crippen molar-refractivity contribution >= 4 is 27.8 Å². The summed E-state index contributed by atoms with van der Waals surface area (Å²) in [6.07, 6.45) is 2.50. The van der Waals surface area contributed by atoms with Crippen LogP contribution in [0.3, 0.4) is 0 Å². The number of thiophene rings is 1. The van der Waals surface area contributed by atoms with E-state index in [0.29, 0.717) is 35.6 Å². The maximum atomic E-state index is 12.2. The van der Waals surface area contributed by atoms with Gasteiger partial charge in [0, 0.05) is 19.0 Å². The zero-order valence-corrected chi connectivity index (χ0v) is 12.2. The molecule has 0 aromatic carbocycles. The Morgan fingerprint density at radius 2 is 2.30 bits per heavy atom. The molecule has 0 bridgehead atoms. The van der Waals surface area contributed by atoms with Crippen molar-refractivity contribution in [3.8, 4) is 6.07 Å². The predicted molar refractivity (Wildman–Crippen MR) is 78.0 cm³/mol. The number of carbonyl (C=O) groups is 1. The fourth-order valence-electron chi connectivity index (χ4n) is 2.59. The Labute approximate surface area is 121 Å². The van der Waals surface area contributed by atoms with Gasteiger partial charge in [0.15, 0.2) is 5.78 Å². The Morgan fingerprint density at radius 3 is 2.80 bits per heavy atom. The number of nitriles is 1. The van der Waals surface area contributed by atoms with Crippen LogP contribution in [-0.2, 0) is 0 Å². The van der Waals surface area contributed by atoms with Crippen LogP contribution in [0, 0.1) is 17.2 Å². The highest BCUT2D eigenvalue weighted by atomic mass is 32.1. The SMILES string of the molecule is CC1(O)CCN(c2sc(C(=O)C3CC3)c(N)c2C#N)C1. The van der Waals surface area contributed by atoms with Crippen molar-refractivity contribution in [2.75, 3.05) is 23.7 Å². The molecule has 1 aliphatic heterocycles. The van der Waals surface area contributed by atoms with Gasteiger partial charge in [-0.3, -0.25) is 4.79 Å². The van der Waals surface area contributed by atoms with E-state index in [9.17, 15) is 15.2 Å². The molecule has 20 heavy (non-hydrogen) atoms. The van der Waals surface area contributed by atoms with E-state index in [2.05, 4.69) is 6.07 Å². The molecule has 0 radical (unpaired) electrons. The summed E-state index contributed by atoms with van der Waals surface area (Å²) in [6.45, 7) is 2.93. The van der Waals surface area contributed by atoms with Crippen LogP contribution >= 0.6 is 11.3 Å². The van der Waals surface area contributed by atoms with Crippen LogP contribution in [0.1, 0.15) is 41.4 Å². The molecule has 1 aromatic heterocycles. The third kappa shape index (κ3) is 2.17. The van der Waals surface area contributed by atoms with Crippen LogP contribution in [0.5, 0.6) is 0 Å². The number of nitrogens with two attached hydrogens (primary N) is 1. The van der Waals surface area contributed by atoms with Crippen LogP contribution in [0.4, 0.5) is 10.7 Å². The molecule has 2 fully saturated rings. The van der Waals surface area contributed by atoms with Gasteiger partial charge in [0.2, 0.25) is 0 Å². The number of β-amino-alcohol motifs (C(OH)–C–C–N with tert-alkyl or cyclic N) is 1. The first-order valence-corrected chi connectivity index (χ1v) is 7.58. The van der Waals surface area contributed by atoms with Gasteiger partial charge >= 0.3 is 0 Å². The number of Topliss-reactive ketones (excluding diaryl/α,β-unsaturated/α-hetero) is 1. The van der Waals surface area contributed by atoms with Gasteiger partial charge in [-0.05, 0) is 26.2 Å². The van der Waals surface area contributed by atoms with Crippen LogP contribution in [0.15, 0.2) is 0 Å². The molecule has 1 unspecified atom stereocenters. The largest absolute Gasteiger partial charge is 0.396 e. The zero-order chi connectivity index (χ0) is 14.5.